The molecule has 0 aliphatic rings. The summed E-state index contributed by atoms with van der Waals surface area (Å²) in [4.78, 5) is 10.2. The number of hydrogen-bond acceptors (Lipinski definition) is 1. The van der Waals surface area contributed by atoms with Crippen molar-refractivity contribution in [2.75, 3.05) is 0 Å². The normalized spacial score (nSPS) is 10.6. The van der Waals surface area contributed by atoms with Gasteiger partial charge in [-0.3, -0.25) is 4.79 Å². The van der Waals surface area contributed by atoms with E-state index in [9.17, 15) is 4.79 Å². The maximum absolute atomic E-state index is 10.2. The zero-order valence-corrected chi connectivity index (χ0v) is 8.08. The van der Waals surface area contributed by atoms with E-state index in [-0.39, 0.29) is 0 Å². The summed E-state index contributed by atoms with van der Waals surface area (Å²) in [7, 11) is 0. The van der Waals surface area contributed by atoms with Crippen LogP contribution in [-0.2, 0) is 11.2 Å². The smallest absolute Gasteiger partial charge is 0.142 e. The van der Waals surface area contributed by atoms with Crippen molar-refractivity contribution < 1.29 is 4.79 Å². The van der Waals surface area contributed by atoms with E-state index in [1.807, 2.05) is 12.1 Å². The van der Waals surface area contributed by atoms with E-state index in [0.29, 0.717) is 0 Å². The van der Waals surface area contributed by atoms with Crippen LogP contribution in [0, 0.1) is 6.92 Å². The minimum Gasteiger partial charge on any atom is -0.299 e. The first-order chi connectivity index (χ1) is 6.27. The fourth-order valence-corrected chi connectivity index (χ4v) is 1.35. The lowest BCUT2D eigenvalue weighted by molar-refractivity contribution is -0.104. The Labute approximate surface area is 79.1 Å². The van der Waals surface area contributed by atoms with Crippen molar-refractivity contribution in [1.29, 1.82) is 0 Å². The number of benzene rings is 1. The first-order valence-corrected chi connectivity index (χ1v) is 4.49. The fraction of sp³-hybridized carbons (Fsp3) is 0.250. The fourth-order valence-electron chi connectivity index (χ4n) is 1.35. The van der Waals surface area contributed by atoms with Crippen LogP contribution in [0.5, 0.6) is 0 Å². The van der Waals surface area contributed by atoms with Crippen LogP contribution in [0.15, 0.2) is 24.3 Å². The second-order valence-electron chi connectivity index (χ2n) is 3.05. The van der Waals surface area contributed by atoms with E-state index in [4.69, 9.17) is 0 Å². The van der Waals surface area contributed by atoms with E-state index in [1.54, 1.807) is 0 Å². The van der Waals surface area contributed by atoms with Gasteiger partial charge in [-0.15, -0.1) is 0 Å². The standard InChI is InChI=1S/C12H14O/c1-3-11-9-10(2)6-7-12(11)5-4-8-13/h4-9H,3H2,1-2H3. The summed E-state index contributed by atoms with van der Waals surface area (Å²) < 4.78 is 0. The molecule has 0 aromatic heterocycles. The molecule has 0 atom stereocenters. The number of aryl methyl sites for hydroxylation is 2. The van der Waals surface area contributed by atoms with Crippen molar-refractivity contribution in [3.63, 3.8) is 0 Å². The van der Waals surface area contributed by atoms with Gasteiger partial charge in [0.05, 0.1) is 0 Å². The lowest BCUT2D eigenvalue weighted by Crippen LogP contribution is -1.87. The molecule has 1 heteroatoms. The maximum atomic E-state index is 10.2. The molecule has 13 heavy (non-hydrogen) atoms. The molecule has 0 aliphatic carbocycles. The molecule has 0 radical (unpaired) electrons. The van der Waals surface area contributed by atoms with Crippen molar-refractivity contribution in [2.24, 2.45) is 0 Å². The molecular weight excluding hydrogens is 160 g/mol. The van der Waals surface area contributed by atoms with E-state index in [2.05, 4.69) is 26.0 Å². The highest BCUT2D eigenvalue weighted by Gasteiger charge is 1.96. The Bertz CT molecular complexity index is 324. The third kappa shape index (κ3) is 2.55. The number of allylic oxidation sites excluding steroid dienone is 1. The van der Waals surface area contributed by atoms with Gasteiger partial charge >= 0.3 is 0 Å². The van der Waals surface area contributed by atoms with Crippen LogP contribution in [-0.4, -0.2) is 6.29 Å². The largest absolute Gasteiger partial charge is 0.299 e. The molecule has 0 amide bonds. The number of hydrogen-bond donors (Lipinski definition) is 0. The minimum atomic E-state index is 0.805. The van der Waals surface area contributed by atoms with Crippen LogP contribution in [0.1, 0.15) is 23.6 Å². The Balaban J connectivity index is 3.05. The van der Waals surface area contributed by atoms with Crippen molar-refractivity contribution >= 4 is 12.4 Å². The predicted octanol–water partition coefficient (Wildman–Crippen LogP) is 2.77. The lowest BCUT2D eigenvalue weighted by Gasteiger charge is -2.03. The van der Waals surface area contributed by atoms with Crippen LogP contribution in [0.2, 0.25) is 0 Å². The second-order valence-corrected chi connectivity index (χ2v) is 3.05. The third-order valence-electron chi connectivity index (χ3n) is 2.03. The summed E-state index contributed by atoms with van der Waals surface area (Å²) >= 11 is 0. The zero-order chi connectivity index (χ0) is 9.68. The second kappa shape index (κ2) is 4.61. The average Bonchev–Trinajstić information content (AvgIpc) is 2.16. The van der Waals surface area contributed by atoms with Gasteiger partial charge in [-0.2, -0.15) is 0 Å². The Morgan fingerprint density at radius 2 is 2.15 bits per heavy atom. The molecule has 0 N–H and O–H groups in total. The van der Waals surface area contributed by atoms with Gasteiger partial charge in [-0.1, -0.05) is 36.8 Å². The van der Waals surface area contributed by atoms with Crippen molar-refractivity contribution in [1.82, 2.24) is 0 Å². The van der Waals surface area contributed by atoms with Crippen LogP contribution in [0.3, 0.4) is 0 Å². The Morgan fingerprint density at radius 3 is 2.77 bits per heavy atom. The molecule has 1 aromatic rings. The SMILES string of the molecule is CCc1cc(C)ccc1C=CC=O. The average molecular weight is 174 g/mol. The van der Waals surface area contributed by atoms with Gasteiger partial charge in [0.2, 0.25) is 0 Å². The summed E-state index contributed by atoms with van der Waals surface area (Å²) in [6.07, 6.45) is 5.19. The summed E-state index contributed by atoms with van der Waals surface area (Å²) in [5.41, 5.74) is 3.69. The maximum Gasteiger partial charge on any atom is 0.142 e. The third-order valence-corrected chi connectivity index (χ3v) is 2.03. The Kier molecular flexibility index (Phi) is 3.44. The van der Waals surface area contributed by atoms with Crippen molar-refractivity contribution in [2.45, 2.75) is 20.3 Å². The van der Waals surface area contributed by atoms with Gasteiger partial charge in [0, 0.05) is 0 Å². The van der Waals surface area contributed by atoms with Crippen LogP contribution >= 0.6 is 0 Å². The first kappa shape index (κ1) is 9.72. The quantitative estimate of drug-likeness (QED) is 0.508. The highest BCUT2D eigenvalue weighted by atomic mass is 16.1. The molecule has 0 heterocycles. The lowest BCUT2D eigenvalue weighted by atomic mass is 10.0. The van der Waals surface area contributed by atoms with Crippen LogP contribution in [0.4, 0.5) is 0 Å². The summed E-state index contributed by atoms with van der Waals surface area (Å²) in [5, 5.41) is 0. The monoisotopic (exact) mass is 174 g/mol. The molecule has 0 saturated heterocycles. The van der Waals surface area contributed by atoms with E-state index in [0.717, 1.165) is 18.3 Å². The van der Waals surface area contributed by atoms with Gasteiger partial charge < -0.3 is 0 Å². The number of aldehydes is 1. The van der Waals surface area contributed by atoms with Crippen molar-refractivity contribution in [3.8, 4) is 0 Å². The Morgan fingerprint density at radius 1 is 1.38 bits per heavy atom. The molecule has 0 bridgehead atoms. The van der Waals surface area contributed by atoms with Gasteiger partial charge in [0.25, 0.3) is 0 Å². The first-order valence-electron chi connectivity index (χ1n) is 4.49. The topological polar surface area (TPSA) is 17.1 Å². The molecule has 0 saturated carbocycles. The van der Waals surface area contributed by atoms with Crippen LogP contribution < -0.4 is 0 Å². The highest BCUT2D eigenvalue weighted by Crippen LogP contribution is 2.13. The molecule has 68 valence electrons. The van der Waals surface area contributed by atoms with Gasteiger partial charge in [-0.25, -0.2) is 0 Å². The molecule has 0 aliphatic heterocycles. The molecule has 0 fully saturated rings. The highest BCUT2D eigenvalue weighted by molar-refractivity contribution is 5.74. The molecule has 0 unspecified atom stereocenters. The van der Waals surface area contributed by atoms with Gasteiger partial charge in [0.1, 0.15) is 6.29 Å². The van der Waals surface area contributed by atoms with Gasteiger partial charge in [0.15, 0.2) is 0 Å². The molecular formula is C12H14O. The summed E-state index contributed by atoms with van der Waals surface area (Å²) in [6.45, 7) is 4.19. The zero-order valence-electron chi connectivity index (χ0n) is 8.08. The van der Waals surface area contributed by atoms with Crippen LogP contribution in [0.25, 0.3) is 6.08 Å². The summed E-state index contributed by atoms with van der Waals surface area (Å²) in [5.74, 6) is 0. The minimum absolute atomic E-state index is 0.805. The van der Waals surface area contributed by atoms with E-state index < -0.39 is 0 Å². The molecule has 1 aromatic carbocycles. The predicted molar refractivity (Wildman–Crippen MR) is 55.7 cm³/mol. The molecule has 1 nitrogen and oxygen atoms in total. The number of rotatable bonds is 3. The molecule has 1 rings (SSSR count). The van der Waals surface area contributed by atoms with Crippen molar-refractivity contribution in [3.05, 3.63) is 41.0 Å². The van der Waals surface area contributed by atoms with Gasteiger partial charge in [-0.05, 0) is 30.5 Å². The number of carbonyl (C=O) groups is 1. The molecule has 0 spiro atoms. The van der Waals surface area contributed by atoms with E-state index >= 15 is 0 Å². The summed E-state index contributed by atoms with van der Waals surface area (Å²) in [6, 6.07) is 6.27. The Hall–Kier alpha value is -1.37. The number of carbonyl (C=O) groups excluding carboxylic acids is 1. The van der Waals surface area contributed by atoms with E-state index in [1.165, 1.54) is 17.2 Å².